The van der Waals surface area contributed by atoms with Crippen molar-refractivity contribution < 1.29 is 9.59 Å². The lowest BCUT2D eigenvalue weighted by atomic mass is 9.87. The summed E-state index contributed by atoms with van der Waals surface area (Å²) < 4.78 is 0. The van der Waals surface area contributed by atoms with E-state index in [1.807, 2.05) is 13.8 Å². The van der Waals surface area contributed by atoms with E-state index in [0.717, 1.165) is 25.9 Å². The summed E-state index contributed by atoms with van der Waals surface area (Å²) in [5.74, 6) is 1.35. The van der Waals surface area contributed by atoms with E-state index >= 15 is 0 Å². The van der Waals surface area contributed by atoms with E-state index in [2.05, 4.69) is 43.2 Å². The monoisotopic (exact) mass is 337 g/mol. The van der Waals surface area contributed by atoms with Gasteiger partial charge < -0.3 is 10.6 Å². The number of rotatable bonds is 7. The fourth-order valence-corrected chi connectivity index (χ4v) is 3.66. The Balaban J connectivity index is 1.69. The van der Waals surface area contributed by atoms with Crippen LogP contribution in [0.25, 0.3) is 0 Å². The lowest BCUT2D eigenvalue weighted by Crippen LogP contribution is -2.44. The molecule has 2 fully saturated rings. The second-order valence-electron chi connectivity index (χ2n) is 9.49. The number of nitrogens with zero attached hydrogens (tertiary/aromatic N) is 1. The summed E-state index contributed by atoms with van der Waals surface area (Å²) in [6.45, 7) is 15.5. The van der Waals surface area contributed by atoms with Crippen molar-refractivity contribution in [2.24, 2.45) is 22.7 Å². The molecule has 2 aliphatic rings. The minimum absolute atomic E-state index is 0.107. The second-order valence-corrected chi connectivity index (χ2v) is 9.49. The second kappa shape index (κ2) is 7.03. The normalized spacial score (nSPS) is 26.8. The van der Waals surface area contributed by atoms with Crippen LogP contribution in [0.15, 0.2) is 0 Å². The van der Waals surface area contributed by atoms with Crippen LogP contribution in [0.5, 0.6) is 0 Å². The number of piperidine rings is 1. The molecule has 1 saturated heterocycles. The van der Waals surface area contributed by atoms with Crippen LogP contribution in [0.2, 0.25) is 0 Å². The molecule has 2 N–H and O–H groups in total. The third kappa shape index (κ3) is 4.95. The van der Waals surface area contributed by atoms with E-state index in [1.54, 1.807) is 0 Å². The Labute approximate surface area is 146 Å². The highest BCUT2D eigenvalue weighted by Gasteiger charge is 2.57. The summed E-state index contributed by atoms with van der Waals surface area (Å²) in [5.41, 5.74) is -0.165. The zero-order valence-electron chi connectivity index (χ0n) is 16.2. The molecule has 0 bridgehead atoms. The molecule has 5 heteroatoms. The molecule has 0 aromatic rings. The van der Waals surface area contributed by atoms with E-state index in [-0.39, 0.29) is 22.6 Å². The van der Waals surface area contributed by atoms with Gasteiger partial charge in [0.1, 0.15) is 0 Å². The summed E-state index contributed by atoms with van der Waals surface area (Å²) in [4.78, 5) is 26.6. The lowest BCUT2D eigenvalue weighted by molar-refractivity contribution is -0.130. The SMILES string of the molecule is CCCC(C)(C)C(=O)NC1[C@H]2CN(CC(=O)NCC(C)(C)C)C[C@@H]12. The van der Waals surface area contributed by atoms with E-state index in [0.29, 0.717) is 31.0 Å². The molecule has 1 heterocycles. The Hall–Kier alpha value is -1.10. The van der Waals surface area contributed by atoms with Crippen molar-refractivity contribution in [3.05, 3.63) is 0 Å². The Morgan fingerprint density at radius 1 is 1.08 bits per heavy atom. The highest BCUT2D eigenvalue weighted by Crippen LogP contribution is 2.45. The largest absolute Gasteiger partial charge is 0.354 e. The Bertz CT molecular complexity index is 469. The van der Waals surface area contributed by atoms with Crippen molar-refractivity contribution in [3.8, 4) is 0 Å². The molecular formula is C19H35N3O2. The van der Waals surface area contributed by atoms with Gasteiger partial charge in [-0.15, -0.1) is 0 Å². The smallest absolute Gasteiger partial charge is 0.234 e. The van der Waals surface area contributed by atoms with Crippen molar-refractivity contribution in [1.82, 2.24) is 15.5 Å². The number of carbonyl (C=O) groups is 2. The van der Waals surface area contributed by atoms with Crippen LogP contribution in [-0.2, 0) is 9.59 Å². The van der Waals surface area contributed by atoms with Crippen molar-refractivity contribution in [3.63, 3.8) is 0 Å². The van der Waals surface area contributed by atoms with E-state index in [9.17, 15) is 9.59 Å². The number of hydrogen-bond donors (Lipinski definition) is 2. The van der Waals surface area contributed by atoms with Crippen molar-refractivity contribution >= 4 is 11.8 Å². The maximum atomic E-state index is 12.4. The standard InChI is InChI=1S/C19H35N3O2/c1-7-8-19(5,6)17(24)21-16-13-9-22(10-14(13)16)11-15(23)20-12-18(2,3)4/h13-14,16H,7-12H2,1-6H3,(H,20,23)(H,21,24)/t13-,14+,16?. The van der Waals surface area contributed by atoms with Gasteiger partial charge in [-0.2, -0.15) is 0 Å². The van der Waals surface area contributed by atoms with Crippen molar-refractivity contribution in [2.45, 2.75) is 60.4 Å². The molecular weight excluding hydrogens is 302 g/mol. The van der Waals surface area contributed by atoms with E-state index in [4.69, 9.17) is 0 Å². The zero-order valence-corrected chi connectivity index (χ0v) is 16.2. The van der Waals surface area contributed by atoms with Gasteiger partial charge in [-0.05, 0) is 23.7 Å². The molecule has 24 heavy (non-hydrogen) atoms. The van der Waals surface area contributed by atoms with Gasteiger partial charge in [0.05, 0.1) is 6.54 Å². The van der Waals surface area contributed by atoms with Gasteiger partial charge in [0.2, 0.25) is 11.8 Å². The number of fused-ring (bicyclic) bond motifs is 1. The third-order valence-corrected chi connectivity index (χ3v) is 5.24. The summed E-state index contributed by atoms with van der Waals surface area (Å²) in [7, 11) is 0. The van der Waals surface area contributed by atoms with Crippen molar-refractivity contribution in [1.29, 1.82) is 0 Å². The molecule has 5 nitrogen and oxygen atoms in total. The van der Waals surface area contributed by atoms with Gasteiger partial charge in [-0.3, -0.25) is 14.5 Å². The number of hydrogen-bond acceptors (Lipinski definition) is 3. The molecule has 1 unspecified atom stereocenters. The molecule has 0 spiro atoms. The maximum Gasteiger partial charge on any atom is 0.234 e. The van der Waals surface area contributed by atoms with Crippen LogP contribution in [0.4, 0.5) is 0 Å². The first-order chi connectivity index (χ1) is 11.0. The molecule has 2 amide bonds. The molecule has 0 aromatic carbocycles. The molecule has 1 aliphatic carbocycles. The Morgan fingerprint density at radius 3 is 2.17 bits per heavy atom. The average Bonchev–Trinajstić information content (AvgIpc) is 2.90. The molecule has 0 radical (unpaired) electrons. The summed E-state index contributed by atoms with van der Waals surface area (Å²) in [6, 6.07) is 0.322. The topological polar surface area (TPSA) is 61.4 Å². The highest BCUT2D eigenvalue weighted by molar-refractivity contribution is 5.82. The van der Waals surface area contributed by atoms with Gasteiger partial charge in [-0.1, -0.05) is 48.0 Å². The molecule has 138 valence electrons. The molecule has 2 rings (SSSR count). The van der Waals surface area contributed by atoms with Gasteiger partial charge in [0.25, 0.3) is 0 Å². The van der Waals surface area contributed by atoms with Crippen molar-refractivity contribution in [2.75, 3.05) is 26.2 Å². The summed E-state index contributed by atoms with van der Waals surface area (Å²) in [6.07, 6.45) is 1.94. The van der Waals surface area contributed by atoms with E-state index in [1.165, 1.54) is 0 Å². The van der Waals surface area contributed by atoms with Crippen LogP contribution >= 0.6 is 0 Å². The maximum absolute atomic E-state index is 12.4. The van der Waals surface area contributed by atoms with Crippen LogP contribution in [0, 0.1) is 22.7 Å². The first-order valence-electron chi connectivity index (χ1n) is 9.33. The van der Waals surface area contributed by atoms with Crippen LogP contribution in [0.3, 0.4) is 0 Å². The Morgan fingerprint density at radius 2 is 1.67 bits per heavy atom. The van der Waals surface area contributed by atoms with Crippen LogP contribution < -0.4 is 10.6 Å². The van der Waals surface area contributed by atoms with E-state index < -0.39 is 0 Å². The number of nitrogens with one attached hydrogen (secondary N) is 2. The van der Waals surface area contributed by atoms with Gasteiger partial charge in [0.15, 0.2) is 0 Å². The average molecular weight is 338 g/mol. The quantitative estimate of drug-likeness (QED) is 0.747. The Kier molecular flexibility index (Phi) is 5.63. The predicted molar refractivity (Wildman–Crippen MR) is 96.5 cm³/mol. The molecule has 1 saturated carbocycles. The molecule has 1 aliphatic heterocycles. The third-order valence-electron chi connectivity index (χ3n) is 5.24. The highest BCUT2D eigenvalue weighted by atomic mass is 16.2. The van der Waals surface area contributed by atoms with Gasteiger partial charge >= 0.3 is 0 Å². The van der Waals surface area contributed by atoms with Crippen LogP contribution in [-0.4, -0.2) is 48.9 Å². The van der Waals surface area contributed by atoms with Gasteiger partial charge in [0, 0.05) is 31.1 Å². The first-order valence-corrected chi connectivity index (χ1v) is 9.33. The molecule has 3 atom stereocenters. The fourth-order valence-electron chi connectivity index (χ4n) is 3.66. The zero-order chi connectivity index (χ0) is 18.1. The predicted octanol–water partition coefficient (Wildman–Crippen LogP) is 2.02. The summed E-state index contributed by atoms with van der Waals surface area (Å²) in [5, 5.41) is 6.24. The summed E-state index contributed by atoms with van der Waals surface area (Å²) >= 11 is 0. The molecule has 0 aromatic heterocycles. The number of carbonyl (C=O) groups excluding carboxylic acids is 2. The number of likely N-dealkylation sites (tertiary alicyclic amines) is 1. The first kappa shape index (κ1) is 19.2. The fraction of sp³-hybridized carbons (Fsp3) is 0.895. The lowest BCUT2D eigenvalue weighted by Gasteiger charge is -2.25. The number of amides is 2. The van der Waals surface area contributed by atoms with Gasteiger partial charge in [-0.25, -0.2) is 0 Å². The minimum Gasteiger partial charge on any atom is -0.354 e. The van der Waals surface area contributed by atoms with Crippen LogP contribution in [0.1, 0.15) is 54.4 Å². The minimum atomic E-state index is -0.280.